The zero-order chi connectivity index (χ0) is 86.7. The minimum absolute atomic E-state index is 0.108. The normalized spacial score (nSPS) is 18.8. The summed E-state index contributed by atoms with van der Waals surface area (Å²) in [6.07, 6.45) is 18.5. The second-order valence-electron chi connectivity index (χ2n) is 35.0. The number of esters is 1. The van der Waals surface area contributed by atoms with E-state index in [1.807, 2.05) is 78.9 Å². The minimum atomic E-state index is -4.95. The van der Waals surface area contributed by atoms with Crippen LogP contribution in [0.1, 0.15) is 276 Å². The molecule has 0 aliphatic carbocycles. The Hall–Kier alpha value is -8.14. The van der Waals surface area contributed by atoms with Crippen molar-refractivity contribution in [2.75, 3.05) is 47.3 Å². The van der Waals surface area contributed by atoms with E-state index in [0.717, 1.165) is 59.5 Å². The SMILES string of the molecule is COc1ccc(C(OC[C@H]2O[C@@H](n3cc(C)c(=O)[nH]c3=O)C[C@@H]2OP(=O)(OCCC#N)OC[C@H]2O[C@@H](n3cc(C)c(=O)[nH]c3=O)C[C@@H]2OC(=O)CCC(=O)NCc2cc(OCCC(C)CCCC(C)CCCC(C)CCCC(C)C)cc(OCCC(C)CCCC(C)CCCC(C)CCCC(C)C)c2)(c2ccccc2)c2ccc(OC)cc2)cc1. The molecule has 120 heavy (non-hydrogen) atoms. The Balaban J connectivity index is 0.944. The molecule has 0 spiro atoms. The number of carbonyl (C=O) groups excluding carboxylic acids is 2. The fourth-order valence-corrected chi connectivity index (χ4v) is 17.4. The molecule has 4 heterocycles. The zero-order valence-electron chi connectivity index (χ0n) is 74.0. The number of nitriles is 1. The van der Waals surface area contributed by atoms with Crippen molar-refractivity contribution in [3.63, 3.8) is 0 Å². The van der Waals surface area contributed by atoms with Crippen LogP contribution in [0.15, 0.2) is 129 Å². The van der Waals surface area contributed by atoms with Gasteiger partial charge in [0.25, 0.3) is 11.1 Å². The number of hydrogen-bond donors (Lipinski definition) is 3. The average molecular weight is 1680 g/mol. The number of aromatic nitrogens is 4. The topological polar surface area (TPSA) is 298 Å². The van der Waals surface area contributed by atoms with Crippen molar-refractivity contribution < 1.29 is 65.6 Å². The summed E-state index contributed by atoms with van der Waals surface area (Å²) in [5, 5.41) is 12.7. The molecule has 0 bridgehead atoms. The number of phosphoric ester groups is 1. The molecule has 0 saturated carbocycles. The Bertz CT molecular complexity index is 4290. The van der Waals surface area contributed by atoms with Crippen LogP contribution in [0, 0.1) is 72.5 Å². The van der Waals surface area contributed by atoms with Crippen LogP contribution >= 0.6 is 7.82 Å². The zero-order valence-corrected chi connectivity index (χ0v) is 74.9. The summed E-state index contributed by atoms with van der Waals surface area (Å²) in [5.41, 5.74) is -1.11. The molecule has 24 nitrogen and oxygen atoms in total. The number of H-pyrrole nitrogens is 2. The lowest BCUT2D eigenvalue weighted by molar-refractivity contribution is -0.154. The molecule has 2 aromatic heterocycles. The number of carbonyl (C=O) groups is 2. The van der Waals surface area contributed by atoms with Crippen molar-refractivity contribution >= 4 is 19.7 Å². The second kappa shape index (κ2) is 49.8. The first-order valence-electron chi connectivity index (χ1n) is 44.3. The van der Waals surface area contributed by atoms with Crippen LogP contribution in [-0.4, -0.2) is 103 Å². The summed E-state index contributed by atoms with van der Waals surface area (Å²) < 4.78 is 87.1. The van der Waals surface area contributed by atoms with Gasteiger partial charge in [0.05, 0.1) is 66.2 Å². The van der Waals surface area contributed by atoms with Gasteiger partial charge in [0.1, 0.15) is 65.5 Å². The van der Waals surface area contributed by atoms with E-state index in [9.17, 15) is 34.0 Å². The van der Waals surface area contributed by atoms with E-state index < -0.39 is 97.9 Å². The van der Waals surface area contributed by atoms with Gasteiger partial charge in [-0.1, -0.05) is 239 Å². The highest BCUT2D eigenvalue weighted by Crippen LogP contribution is 2.55. The van der Waals surface area contributed by atoms with Crippen LogP contribution in [0.5, 0.6) is 23.0 Å². The number of aryl methyl sites for hydroxylation is 2. The Morgan fingerprint density at radius 1 is 0.525 bits per heavy atom. The van der Waals surface area contributed by atoms with E-state index >= 15 is 4.57 Å². The third-order valence-corrected chi connectivity index (χ3v) is 25.1. The first-order valence-corrected chi connectivity index (χ1v) is 45.8. The van der Waals surface area contributed by atoms with Gasteiger partial charge in [-0.2, -0.15) is 5.26 Å². The molecule has 7 unspecified atom stereocenters. The number of benzene rings is 4. The minimum Gasteiger partial charge on any atom is -0.497 e. The quantitative estimate of drug-likeness (QED) is 0.0138. The summed E-state index contributed by atoms with van der Waals surface area (Å²) in [6, 6.07) is 31.9. The van der Waals surface area contributed by atoms with E-state index in [-0.39, 0.29) is 56.4 Å². The van der Waals surface area contributed by atoms with Crippen molar-refractivity contribution in [1.82, 2.24) is 24.4 Å². The molecule has 662 valence electrons. The van der Waals surface area contributed by atoms with E-state index in [4.69, 9.17) is 51.5 Å². The highest BCUT2D eigenvalue weighted by atomic mass is 31.2. The molecule has 1 amide bonds. The first kappa shape index (κ1) is 97.3. The van der Waals surface area contributed by atoms with Crippen LogP contribution in [0.2, 0.25) is 0 Å². The van der Waals surface area contributed by atoms with Crippen molar-refractivity contribution in [2.24, 2.45) is 47.3 Å². The molecular formula is C95H139N6O18P. The van der Waals surface area contributed by atoms with Gasteiger partial charge in [-0.15, -0.1) is 0 Å². The molecule has 4 aromatic carbocycles. The molecule has 25 heteroatoms. The van der Waals surface area contributed by atoms with Gasteiger partial charge in [0, 0.05) is 55.4 Å². The highest BCUT2D eigenvalue weighted by molar-refractivity contribution is 7.48. The first-order chi connectivity index (χ1) is 57.5. The Morgan fingerprint density at radius 2 is 0.942 bits per heavy atom. The molecule has 2 aliphatic heterocycles. The van der Waals surface area contributed by atoms with Gasteiger partial charge in [-0.25, -0.2) is 14.2 Å². The number of hydrogen-bond acceptors (Lipinski definition) is 19. The number of methoxy groups -OCH3 is 2. The third-order valence-electron chi connectivity index (χ3n) is 23.6. The number of ether oxygens (including phenoxy) is 8. The number of nitrogens with one attached hydrogen (secondary N) is 3. The number of rotatable bonds is 56. The maximum Gasteiger partial charge on any atom is 0.475 e. The molecule has 13 atom stereocenters. The predicted octanol–water partition coefficient (Wildman–Crippen LogP) is 19.4. The monoisotopic (exact) mass is 1680 g/mol. The summed E-state index contributed by atoms with van der Waals surface area (Å²) >= 11 is 0. The van der Waals surface area contributed by atoms with Gasteiger partial charge in [0.15, 0.2) is 0 Å². The highest BCUT2D eigenvalue weighted by Gasteiger charge is 2.48. The smallest absolute Gasteiger partial charge is 0.475 e. The van der Waals surface area contributed by atoms with E-state index in [0.29, 0.717) is 76.6 Å². The third kappa shape index (κ3) is 31.6. The Kier molecular flexibility index (Phi) is 40.4. The molecule has 2 saturated heterocycles. The van der Waals surface area contributed by atoms with Gasteiger partial charge in [-0.05, 0) is 133 Å². The van der Waals surface area contributed by atoms with Crippen LogP contribution in [0.3, 0.4) is 0 Å². The molecule has 6 aromatic rings. The molecular weight excluding hydrogens is 1540 g/mol. The fraction of sp³-hybridized carbons (Fsp3) is 0.632. The fourth-order valence-electron chi connectivity index (χ4n) is 16.1. The maximum absolute atomic E-state index is 15.6. The largest absolute Gasteiger partial charge is 0.497 e. The molecule has 2 fully saturated rings. The van der Waals surface area contributed by atoms with Crippen LogP contribution in [0.25, 0.3) is 0 Å². The Labute approximate surface area is 712 Å². The lowest BCUT2D eigenvalue weighted by atomic mass is 9.80. The lowest BCUT2D eigenvalue weighted by Crippen LogP contribution is -2.38. The number of nitrogens with zero attached hydrogens (tertiary/aromatic N) is 3. The van der Waals surface area contributed by atoms with Gasteiger partial charge in [-0.3, -0.25) is 51.9 Å². The molecule has 2 aliphatic rings. The van der Waals surface area contributed by atoms with Crippen LogP contribution < -0.4 is 46.8 Å². The summed E-state index contributed by atoms with van der Waals surface area (Å²) in [4.78, 5) is 85.2. The standard InChI is InChI=1S/C95H139N6O18P/c1-65(2)25-18-27-67(5)29-20-31-69(7)33-22-35-71(9)49-53-111-81-55-75(56-82(57-81)112-54-50-72(10)36-23-34-70(8)32-21-30-68(6)28-19-26-66(3)4)60-97-87(102)47-48-90(103)118-83-58-88(100-61-73(11)91(104)98-93(100)106)117-86(83)64-115-120(108,114-52-24-51-96)119-84-59-89(101-62-74(12)92(105)99-94(101)107)116-85(84)63-113-95(76-37-16-15-17-38-76,77-39-43-79(109-13)44-40-77)78-41-45-80(110-14)46-42-78/h15-17,37-46,55-57,61-62,65-72,83-86,88-89H,18-36,47-50,52-54,58-60,63-64H2,1-14H3,(H,97,102)(H,98,104,106)(H,99,105,107)/t67?,68?,69?,70?,71?,72?,83-,84-,85+,86+,88+,89+,120?/m0/s1. The summed E-state index contributed by atoms with van der Waals surface area (Å²) in [5.74, 6) is 6.69. The second-order valence-corrected chi connectivity index (χ2v) is 36.6. The number of aromatic amines is 2. The Morgan fingerprint density at radius 3 is 1.38 bits per heavy atom. The lowest BCUT2D eigenvalue weighted by Gasteiger charge is -2.37. The van der Waals surface area contributed by atoms with Crippen molar-refractivity contribution in [3.8, 4) is 29.1 Å². The van der Waals surface area contributed by atoms with Gasteiger partial charge >= 0.3 is 25.2 Å². The molecule has 8 rings (SSSR count). The predicted molar refractivity (Wildman–Crippen MR) is 467 cm³/mol. The summed E-state index contributed by atoms with van der Waals surface area (Å²) in [7, 11) is -1.82. The average Bonchev–Trinajstić information content (AvgIpc) is 0.899. The van der Waals surface area contributed by atoms with Crippen molar-refractivity contribution in [2.45, 2.75) is 293 Å². The van der Waals surface area contributed by atoms with Crippen LogP contribution in [-0.2, 0) is 58.8 Å². The van der Waals surface area contributed by atoms with Gasteiger partial charge < -0.3 is 43.2 Å². The van der Waals surface area contributed by atoms with Gasteiger partial charge in [0.2, 0.25) is 5.91 Å². The molecule has 0 radical (unpaired) electrons. The van der Waals surface area contributed by atoms with Crippen molar-refractivity contribution in [1.29, 1.82) is 5.26 Å². The van der Waals surface area contributed by atoms with E-state index in [2.05, 4.69) is 84.5 Å². The number of amides is 1. The van der Waals surface area contributed by atoms with Crippen LogP contribution in [0.4, 0.5) is 0 Å². The number of phosphoric acid groups is 1. The molecule has 3 N–H and O–H groups in total. The van der Waals surface area contributed by atoms with E-state index in [1.54, 1.807) is 38.5 Å². The van der Waals surface area contributed by atoms with Crippen molar-refractivity contribution in [3.05, 3.63) is 185 Å². The van der Waals surface area contributed by atoms with E-state index in [1.165, 1.54) is 134 Å². The summed E-state index contributed by atoms with van der Waals surface area (Å²) in [6.45, 7) is 26.2. The maximum atomic E-state index is 15.6.